The SMILES string of the molecule is Cc1cc(/C=C/C#N)cc(C)c1Oc1nc(Cl)nc2c1CSC2. The van der Waals surface area contributed by atoms with Gasteiger partial charge in [0, 0.05) is 23.1 Å². The van der Waals surface area contributed by atoms with Crippen molar-refractivity contribution in [2.45, 2.75) is 25.4 Å². The van der Waals surface area contributed by atoms with E-state index in [1.54, 1.807) is 17.8 Å². The van der Waals surface area contributed by atoms with Crippen molar-refractivity contribution < 1.29 is 4.74 Å². The maximum absolute atomic E-state index is 8.64. The fourth-order valence-electron chi connectivity index (χ4n) is 2.55. The maximum Gasteiger partial charge on any atom is 0.227 e. The second kappa shape index (κ2) is 6.61. The molecule has 6 heteroatoms. The van der Waals surface area contributed by atoms with E-state index in [9.17, 15) is 0 Å². The molecule has 1 aromatic carbocycles. The van der Waals surface area contributed by atoms with Crippen molar-refractivity contribution in [1.29, 1.82) is 5.26 Å². The van der Waals surface area contributed by atoms with Crippen LogP contribution in [-0.4, -0.2) is 9.97 Å². The number of benzene rings is 1. The van der Waals surface area contributed by atoms with Crippen LogP contribution in [0.3, 0.4) is 0 Å². The number of halogens is 1. The number of hydrogen-bond donors (Lipinski definition) is 0. The molecule has 2 heterocycles. The summed E-state index contributed by atoms with van der Waals surface area (Å²) in [5, 5.41) is 8.85. The molecule has 23 heavy (non-hydrogen) atoms. The van der Waals surface area contributed by atoms with Gasteiger partial charge in [-0.15, -0.1) is 0 Å². The average Bonchev–Trinajstić information content (AvgIpc) is 2.96. The van der Waals surface area contributed by atoms with Crippen molar-refractivity contribution in [2.24, 2.45) is 0 Å². The lowest BCUT2D eigenvalue weighted by Crippen LogP contribution is -2.00. The first kappa shape index (κ1) is 15.9. The molecule has 0 unspecified atom stereocenters. The predicted octanol–water partition coefficient (Wildman–Crippen LogP) is 4.82. The van der Waals surface area contributed by atoms with Crippen molar-refractivity contribution in [1.82, 2.24) is 9.97 Å². The number of allylic oxidation sites excluding steroid dienone is 1. The van der Waals surface area contributed by atoms with E-state index in [1.165, 1.54) is 6.08 Å². The number of fused-ring (bicyclic) bond motifs is 1. The largest absolute Gasteiger partial charge is 0.438 e. The highest BCUT2D eigenvalue weighted by Crippen LogP contribution is 2.38. The first-order valence-corrected chi connectivity index (χ1v) is 8.60. The summed E-state index contributed by atoms with van der Waals surface area (Å²) in [7, 11) is 0. The molecule has 1 aliphatic rings. The Kier molecular flexibility index (Phi) is 4.56. The minimum atomic E-state index is 0.213. The second-order valence-corrected chi connectivity index (χ2v) is 6.59. The molecule has 4 nitrogen and oxygen atoms in total. The van der Waals surface area contributed by atoms with Crippen LogP contribution in [0.15, 0.2) is 18.2 Å². The van der Waals surface area contributed by atoms with E-state index in [0.717, 1.165) is 45.2 Å². The van der Waals surface area contributed by atoms with E-state index in [4.69, 9.17) is 21.6 Å². The number of aryl methyl sites for hydroxylation is 2. The molecule has 1 aliphatic heterocycles. The zero-order chi connectivity index (χ0) is 16.4. The first-order chi connectivity index (χ1) is 11.1. The highest BCUT2D eigenvalue weighted by molar-refractivity contribution is 7.98. The number of hydrogen-bond acceptors (Lipinski definition) is 5. The third-order valence-electron chi connectivity index (χ3n) is 3.54. The molecule has 116 valence electrons. The van der Waals surface area contributed by atoms with E-state index >= 15 is 0 Å². The van der Waals surface area contributed by atoms with Crippen molar-refractivity contribution in [2.75, 3.05) is 0 Å². The Morgan fingerprint density at radius 3 is 2.70 bits per heavy atom. The van der Waals surface area contributed by atoms with Gasteiger partial charge < -0.3 is 4.74 Å². The third-order valence-corrected chi connectivity index (χ3v) is 4.68. The minimum absolute atomic E-state index is 0.213. The summed E-state index contributed by atoms with van der Waals surface area (Å²) in [6, 6.07) is 5.96. The lowest BCUT2D eigenvalue weighted by molar-refractivity contribution is 0.449. The smallest absolute Gasteiger partial charge is 0.227 e. The lowest BCUT2D eigenvalue weighted by Gasteiger charge is -2.14. The normalized spacial score (nSPS) is 13.1. The Labute approximate surface area is 144 Å². The van der Waals surface area contributed by atoms with Crippen LogP contribution in [0, 0.1) is 25.2 Å². The Bertz CT molecular complexity index is 819. The first-order valence-electron chi connectivity index (χ1n) is 7.07. The molecule has 0 atom stereocenters. The highest BCUT2D eigenvalue weighted by atomic mass is 35.5. The number of rotatable bonds is 3. The van der Waals surface area contributed by atoms with Crippen molar-refractivity contribution >= 4 is 29.4 Å². The van der Waals surface area contributed by atoms with Crippen LogP contribution in [0.25, 0.3) is 6.08 Å². The van der Waals surface area contributed by atoms with Crippen LogP contribution >= 0.6 is 23.4 Å². The highest BCUT2D eigenvalue weighted by Gasteiger charge is 2.22. The molecule has 0 N–H and O–H groups in total. The fourth-order valence-corrected chi connectivity index (χ4v) is 3.76. The van der Waals surface area contributed by atoms with Gasteiger partial charge in [-0.3, -0.25) is 0 Å². The van der Waals surface area contributed by atoms with E-state index in [2.05, 4.69) is 9.97 Å². The molecular weight excluding hydrogens is 330 g/mol. The fraction of sp³-hybridized carbons (Fsp3) is 0.235. The second-order valence-electron chi connectivity index (χ2n) is 5.26. The average molecular weight is 344 g/mol. The molecule has 2 aromatic rings. The van der Waals surface area contributed by atoms with E-state index in [1.807, 2.05) is 32.0 Å². The molecule has 0 saturated carbocycles. The predicted molar refractivity (Wildman–Crippen MR) is 92.7 cm³/mol. The summed E-state index contributed by atoms with van der Waals surface area (Å²) in [5.41, 5.74) is 4.91. The van der Waals surface area contributed by atoms with Crippen molar-refractivity contribution in [3.63, 3.8) is 0 Å². The number of nitriles is 1. The van der Waals surface area contributed by atoms with Gasteiger partial charge >= 0.3 is 0 Å². The zero-order valence-electron chi connectivity index (χ0n) is 12.8. The van der Waals surface area contributed by atoms with E-state index in [0.29, 0.717) is 5.88 Å². The van der Waals surface area contributed by atoms with E-state index < -0.39 is 0 Å². The van der Waals surface area contributed by atoms with Crippen LogP contribution in [0.1, 0.15) is 27.9 Å². The number of ether oxygens (including phenoxy) is 1. The molecule has 0 fully saturated rings. The summed E-state index contributed by atoms with van der Waals surface area (Å²) in [6.45, 7) is 3.95. The van der Waals surface area contributed by atoms with Gasteiger partial charge in [-0.2, -0.15) is 22.0 Å². The number of aromatic nitrogens is 2. The molecule has 0 saturated heterocycles. The van der Waals surface area contributed by atoms with Crippen LogP contribution in [0.5, 0.6) is 11.6 Å². The molecule has 0 spiro atoms. The summed E-state index contributed by atoms with van der Waals surface area (Å²) in [6.07, 6.45) is 3.24. The quantitative estimate of drug-likeness (QED) is 0.590. The maximum atomic E-state index is 8.64. The molecule has 0 bridgehead atoms. The van der Waals surface area contributed by atoms with Gasteiger partial charge in [0.1, 0.15) is 5.75 Å². The number of thioether (sulfide) groups is 1. The summed E-state index contributed by atoms with van der Waals surface area (Å²) >= 11 is 7.78. The van der Waals surface area contributed by atoms with Gasteiger partial charge in [0.2, 0.25) is 11.2 Å². The minimum Gasteiger partial charge on any atom is -0.438 e. The van der Waals surface area contributed by atoms with Crippen molar-refractivity contribution in [3.8, 4) is 17.7 Å². The summed E-state index contributed by atoms with van der Waals surface area (Å²) in [4.78, 5) is 8.52. The Balaban J connectivity index is 1.99. The molecule has 0 amide bonds. The third kappa shape index (κ3) is 3.34. The standard InChI is InChI=1S/C17H14ClN3OS/c1-10-6-12(4-3-5-19)7-11(2)15(10)22-16-13-8-23-9-14(13)20-17(18)21-16/h3-4,6-7H,8-9H2,1-2H3/b4-3+. The van der Waals surface area contributed by atoms with Gasteiger partial charge in [-0.05, 0) is 60.3 Å². The van der Waals surface area contributed by atoms with Crippen LogP contribution < -0.4 is 4.74 Å². The lowest BCUT2D eigenvalue weighted by atomic mass is 10.1. The van der Waals surface area contributed by atoms with Gasteiger partial charge in [0.25, 0.3) is 0 Å². The van der Waals surface area contributed by atoms with Crippen LogP contribution in [-0.2, 0) is 11.5 Å². The Morgan fingerprint density at radius 1 is 1.26 bits per heavy atom. The van der Waals surface area contributed by atoms with E-state index in [-0.39, 0.29) is 5.28 Å². The van der Waals surface area contributed by atoms with Gasteiger partial charge in [0.15, 0.2) is 0 Å². The topological polar surface area (TPSA) is 58.8 Å². The molecule has 0 radical (unpaired) electrons. The van der Waals surface area contributed by atoms with Gasteiger partial charge in [0.05, 0.1) is 11.8 Å². The molecular formula is C17H14ClN3OS. The molecule has 0 aliphatic carbocycles. The van der Waals surface area contributed by atoms with Crippen LogP contribution in [0.2, 0.25) is 5.28 Å². The molecule has 3 rings (SSSR count). The van der Waals surface area contributed by atoms with Gasteiger partial charge in [-0.25, -0.2) is 4.98 Å². The summed E-state index contributed by atoms with van der Waals surface area (Å²) in [5.74, 6) is 2.98. The number of nitrogens with zero attached hydrogens (tertiary/aromatic N) is 3. The Morgan fingerprint density at radius 2 is 2.00 bits per heavy atom. The van der Waals surface area contributed by atoms with Crippen molar-refractivity contribution in [3.05, 3.63) is 51.4 Å². The van der Waals surface area contributed by atoms with Gasteiger partial charge in [-0.1, -0.05) is 0 Å². The summed E-state index contributed by atoms with van der Waals surface area (Å²) < 4.78 is 6.09. The molecule has 1 aromatic heterocycles. The van der Waals surface area contributed by atoms with Crippen LogP contribution in [0.4, 0.5) is 0 Å². The zero-order valence-corrected chi connectivity index (χ0v) is 14.3. The monoisotopic (exact) mass is 343 g/mol. The Hall–Kier alpha value is -2.03.